The van der Waals surface area contributed by atoms with Gasteiger partial charge in [-0.2, -0.15) is 0 Å². The van der Waals surface area contributed by atoms with Crippen LogP contribution in [-0.4, -0.2) is 33.6 Å². The van der Waals surface area contributed by atoms with Crippen LogP contribution < -0.4 is 10.1 Å². The summed E-state index contributed by atoms with van der Waals surface area (Å²) in [5.41, 5.74) is 1.22. The second-order valence-electron chi connectivity index (χ2n) is 5.08. The van der Waals surface area contributed by atoms with Crippen molar-refractivity contribution in [1.29, 1.82) is 0 Å². The highest BCUT2D eigenvalue weighted by Crippen LogP contribution is 2.17. The van der Waals surface area contributed by atoms with Crippen molar-refractivity contribution < 1.29 is 13.2 Å². The smallest absolute Gasteiger partial charge is 0.147 e. The molecule has 0 fully saturated rings. The van der Waals surface area contributed by atoms with E-state index in [0.29, 0.717) is 19.1 Å². The fourth-order valence-electron chi connectivity index (χ4n) is 1.84. The lowest BCUT2D eigenvalue weighted by Crippen LogP contribution is -2.19. The van der Waals surface area contributed by atoms with Crippen molar-refractivity contribution in [2.24, 2.45) is 0 Å². The molecule has 1 aromatic rings. The Bertz CT molecular complexity index is 482. The summed E-state index contributed by atoms with van der Waals surface area (Å²) in [5.74, 6) is 0.952. The van der Waals surface area contributed by atoms with Gasteiger partial charge in [-0.05, 0) is 44.0 Å². The highest BCUT2D eigenvalue weighted by molar-refractivity contribution is 7.90. The second-order valence-corrected chi connectivity index (χ2v) is 7.34. The van der Waals surface area contributed by atoms with Crippen LogP contribution in [0, 0.1) is 0 Å². The second kappa shape index (κ2) is 8.27. The zero-order chi connectivity index (χ0) is 15.0. The summed E-state index contributed by atoms with van der Waals surface area (Å²) in [6.07, 6.45) is 2.88. The van der Waals surface area contributed by atoms with Crippen LogP contribution in [0.3, 0.4) is 0 Å². The van der Waals surface area contributed by atoms with E-state index in [1.807, 2.05) is 24.3 Å². The molecule has 0 saturated carbocycles. The summed E-state index contributed by atoms with van der Waals surface area (Å²) in [6, 6.07) is 8.27. The molecule has 0 aromatic heterocycles. The van der Waals surface area contributed by atoms with Gasteiger partial charge in [0.2, 0.25) is 0 Å². The van der Waals surface area contributed by atoms with E-state index in [9.17, 15) is 8.42 Å². The van der Waals surface area contributed by atoms with Crippen LogP contribution in [0.15, 0.2) is 24.3 Å². The normalized spacial score (nSPS) is 13.2. The Morgan fingerprint density at radius 3 is 2.45 bits per heavy atom. The van der Waals surface area contributed by atoms with Gasteiger partial charge in [0.25, 0.3) is 0 Å². The standard InChI is InChI=1S/C15H25NO3S/c1-4-10-16-13(2)14-6-8-15(9-7-14)19-11-5-12-20(3,17)18/h6-9,13,16H,4-5,10-12H2,1-3H3. The Balaban J connectivity index is 2.38. The summed E-state index contributed by atoms with van der Waals surface area (Å²) < 4.78 is 27.5. The van der Waals surface area contributed by atoms with Crippen molar-refractivity contribution in [2.75, 3.05) is 25.2 Å². The molecule has 1 atom stereocenters. The van der Waals surface area contributed by atoms with Gasteiger partial charge in [-0.15, -0.1) is 0 Å². The first kappa shape index (κ1) is 17.0. The molecule has 4 nitrogen and oxygen atoms in total. The molecule has 0 saturated heterocycles. The van der Waals surface area contributed by atoms with Gasteiger partial charge in [-0.25, -0.2) is 8.42 Å². The molecule has 0 spiro atoms. The van der Waals surface area contributed by atoms with E-state index in [4.69, 9.17) is 4.74 Å². The third-order valence-corrected chi connectivity index (χ3v) is 4.04. The first-order valence-electron chi connectivity index (χ1n) is 7.06. The van der Waals surface area contributed by atoms with E-state index in [-0.39, 0.29) is 5.75 Å². The van der Waals surface area contributed by atoms with Crippen molar-refractivity contribution in [3.8, 4) is 5.75 Å². The minimum Gasteiger partial charge on any atom is -0.494 e. The van der Waals surface area contributed by atoms with Gasteiger partial charge >= 0.3 is 0 Å². The maximum atomic E-state index is 11.0. The number of hydrogen-bond acceptors (Lipinski definition) is 4. The molecule has 0 heterocycles. The van der Waals surface area contributed by atoms with Crippen molar-refractivity contribution in [3.05, 3.63) is 29.8 Å². The third kappa shape index (κ3) is 6.91. The fraction of sp³-hybridized carbons (Fsp3) is 0.600. The van der Waals surface area contributed by atoms with E-state index < -0.39 is 9.84 Å². The van der Waals surface area contributed by atoms with E-state index in [1.165, 1.54) is 11.8 Å². The molecule has 0 aliphatic carbocycles. The Hall–Kier alpha value is -1.07. The molecule has 1 N–H and O–H groups in total. The Morgan fingerprint density at radius 1 is 1.25 bits per heavy atom. The third-order valence-electron chi connectivity index (χ3n) is 3.01. The highest BCUT2D eigenvalue weighted by Gasteiger charge is 2.05. The summed E-state index contributed by atoms with van der Waals surface area (Å²) >= 11 is 0. The van der Waals surface area contributed by atoms with Gasteiger partial charge in [0.15, 0.2) is 0 Å². The fourth-order valence-corrected chi connectivity index (χ4v) is 2.48. The van der Waals surface area contributed by atoms with Crippen LogP contribution in [0.5, 0.6) is 5.75 Å². The lowest BCUT2D eigenvalue weighted by Gasteiger charge is -2.14. The van der Waals surface area contributed by atoms with Crippen LogP contribution >= 0.6 is 0 Å². The molecule has 114 valence electrons. The van der Waals surface area contributed by atoms with Crippen molar-refractivity contribution >= 4 is 9.84 Å². The summed E-state index contributed by atoms with van der Waals surface area (Å²) in [5, 5.41) is 3.43. The highest BCUT2D eigenvalue weighted by atomic mass is 32.2. The Labute approximate surface area is 122 Å². The number of sulfone groups is 1. The SMILES string of the molecule is CCCNC(C)c1ccc(OCCCS(C)(=O)=O)cc1. The van der Waals surface area contributed by atoms with E-state index in [1.54, 1.807) is 0 Å². The van der Waals surface area contributed by atoms with E-state index in [2.05, 4.69) is 19.2 Å². The molecule has 0 bridgehead atoms. The maximum Gasteiger partial charge on any atom is 0.147 e. The predicted octanol–water partition coefficient (Wildman–Crippen LogP) is 2.56. The zero-order valence-corrected chi connectivity index (χ0v) is 13.4. The first-order chi connectivity index (χ1) is 9.42. The lowest BCUT2D eigenvalue weighted by molar-refractivity contribution is 0.317. The zero-order valence-electron chi connectivity index (χ0n) is 12.6. The van der Waals surface area contributed by atoms with Gasteiger partial charge < -0.3 is 10.1 Å². The molecule has 1 rings (SSSR count). The van der Waals surface area contributed by atoms with Crippen molar-refractivity contribution in [3.63, 3.8) is 0 Å². The van der Waals surface area contributed by atoms with E-state index >= 15 is 0 Å². The number of benzene rings is 1. The monoisotopic (exact) mass is 299 g/mol. The van der Waals surface area contributed by atoms with Gasteiger partial charge in [-0.1, -0.05) is 19.1 Å². The van der Waals surface area contributed by atoms with Crippen LogP contribution in [0.1, 0.15) is 38.3 Å². The molecule has 0 amide bonds. The average molecular weight is 299 g/mol. The minimum absolute atomic E-state index is 0.170. The number of nitrogens with one attached hydrogen (secondary N) is 1. The van der Waals surface area contributed by atoms with Crippen LogP contribution in [-0.2, 0) is 9.84 Å². The quantitative estimate of drug-likeness (QED) is 0.712. The molecule has 0 radical (unpaired) electrons. The average Bonchev–Trinajstić information content (AvgIpc) is 2.40. The number of hydrogen-bond donors (Lipinski definition) is 1. The molecule has 1 unspecified atom stereocenters. The lowest BCUT2D eigenvalue weighted by atomic mass is 10.1. The summed E-state index contributed by atoms with van der Waals surface area (Å²) in [6.45, 7) is 5.71. The summed E-state index contributed by atoms with van der Waals surface area (Å²) in [4.78, 5) is 0. The Morgan fingerprint density at radius 2 is 1.90 bits per heavy atom. The Kier molecular flexibility index (Phi) is 7.02. The number of rotatable bonds is 9. The van der Waals surface area contributed by atoms with Crippen LogP contribution in [0.25, 0.3) is 0 Å². The first-order valence-corrected chi connectivity index (χ1v) is 9.12. The van der Waals surface area contributed by atoms with Gasteiger partial charge in [0.1, 0.15) is 15.6 Å². The van der Waals surface area contributed by atoms with Crippen molar-refractivity contribution in [2.45, 2.75) is 32.7 Å². The number of ether oxygens (including phenoxy) is 1. The minimum atomic E-state index is -2.89. The van der Waals surface area contributed by atoms with Crippen molar-refractivity contribution in [1.82, 2.24) is 5.32 Å². The molecule has 0 aliphatic rings. The van der Waals surface area contributed by atoms with Gasteiger partial charge in [0.05, 0.1) is 12.4 Å². The predicted molar refractivity (Wildman–Crippen MR) is 83.0 cm³/mol. The van der Waals surface area contributed by atoms with Crippen LogP contribution in [0.2, 0.25) is 0 Å². The largest absolute Gasteiger partial charge is 0.494 e. The topological polar surface area (TPSA) is 55.4 Å². The van der Waals surface area contributed by atoms with Gasteiger partial charge in [0, 0.05) is 12.3 Å². The van der Waals surface area contributed by atoms with Gasteiger partial charge in [-0.3, -0.25) is 0 Å². The molecular weight excluding hydrogens is 274 g/mol. The molecule has 1 aromatic carbocycles. The van der Waals surface area contributed by atoms with Crippen LogP contribution in [0.4, 0.5) is 0 Å². The molecule has 20 heavy (non-hydrogen) atoms. The van der Waals surface area contributed by atoms with E-state index in [0.717, 1.165) is 18.7 Å². The molecule has 5 heteroatoms. The summed E-state index contributed by atoms with van der Waals surface area (Å²) in [7, 11) is -2.89. The molecule has 0 aliphatic heterocycles. The molecular formula is C15H25NO3S. The maximum absolute atomic E-state index is 11.0.